The van der Waals surface area contributed by atoms with Crippen LogP contribution in [0.25, 0.3) is 22.3 Å². The Morgan fingerprint density at radius 2 is 1.94 bits per heavy atom. The highest BCUT2D eigenvalue weighted by Crippen LogP contribution is 2.47. The van der Waals surface area contributed by atoms with Crippen molar-refractivity contribution in [1.29, 1.82) is 0 Å². The van der Waals surface area contributed by atoms with E-state index in [1.165, 1.54) is 4.90 Å². The van der Waals surface area contributed by atoms with E-state index in [0.717, 1.165) is 22.9 Å². The number of carbonyl (C=O) groups is 1. The number of urea groups is 1. The maximum absolute atomic E-state index is 15.5. The average molecular weight is 450 g/mol. The van der Waals surface area contributed by atoms with E-state index in [4.69, 9.17) is 10.8 Å². The molecule has 4 rings (SSSR count). The number of nitrogen functional groups attached to an aromatic ring is 1. The standard InChI is InChI=1S/C25H28FN5O2/c1-3-31-24-22(20-15(2)6-4-9-19(20)30-25(31)33)21(18(26)14-29-24)17-8-5-7-16(23(17)27)10-11-28-12-13-32/h4-9,14,28,32H,3,10-13,27H2,1-2H3,(H,30,33). The Labute approximate surface area is 192 Å². The van der Waals surface area contributed by atoms with Gasteiger partial charge in [0, 0.05) is 41.0 Å². The Morgan fingerprint density at radius 3 is 2.70 bits per heavy atom. The number of aliphatic hydroxyl groups is 1. The van der Waals surface area contributed by atoms with Crippen molar-refractivity contribution in [3.63, 3.8) is 0 Å². The summed E-state index contributed by atoms with van der Waals surface area (Å²) in [6, 6.07) is 10.9. The van der Waals surface area contributed by atoms with Crippen LogP contribution in [0.5, 0.6) is 0 Å². The van der Waals surface area contributed by atoms with Gasteiger partial charge in [-0.15, -0.1) is 0 Å². The molecule has 1 aromatic heterocycles. The lowest BCUT2D eigenvalue weighted by atomic mass is 9.89. The molecule has 7 nitrogen and oxygen atoms in total. The second kappa shape index (κ2) is 9.56. The molecule has 1 aliphatic heterocycles. The Balaban J connectivity index is 1.96. The number of aliphatic hydroxyl groups excluding tert-OH is 1. The molecule has 0 aliphatic carbocycles. The molecule has 8 heteroatoms. The zero-order chi connectivity index (χ0) is 23.5. The second-order valence-corrected chi connectivity index (χ2v) is 7.95. The van der Waals surface area contributed by atoms with Gasteiger partial charge < -0.3 is 21.5 Å². The van der Waals surface area contributed by atoms with Gasteiger partial charge >= 0.3 is 6.03 Å². The molecule has 2 aromatic carbocycles. The normalized spacial score (nSPS) is 12.7. The number of hydrogen-bond donors (Lipinski definition) is 4. The van der Waals surface area contributed by atoms with E-state index in [-0.39, 0.29) is 12.6 Å². The molecule has 0 unspecified atom stereocenters. The van der Waals surface area contributed by atoms with Gasteiger partial charge in [0.15, 0.2) is 0 Å². The fourth-order valence-electron chi connectivity index (χ4n) is 4.34. The number of anilines is 3. The minimum atomic E-state index is -0.504. The Bertz CT molecular complexity index is 1200. The van der Waals surface area contributed by atoms with Crippen molar-refractivity contribution >= 4 is 23.2 Å². The zero-order valence-corrected chi connectivity index (χ0v) is 18.8. The van der Waals surface area contributed by atoms with Crippen molar-refractivity contribution in [1.82, 2.24) is 10.3 Å². The number of nitrogens with one attached hydrogen (secondary N) is 2. The van der Waals surface area contributed by atoms with E-state index in [2.05, 4.69) is 15.6 Å². The number of halogens is 1. The quantitative estimate of drug-likeness (QED) is 0.323. The first-order chi connectivity index (χ1) is 16.0. The van der Waals surface area contributed by atoms with Gasteiger partial charge in [-0.1, -0.05) is 30.3 Å². The van der Waals surface area contributed by atoms with Crippen LogP contribution in [0, 0.1) is 12.7 Å². The second-order valence-electron chi connectivity index (χ2n) is 7.95. The van der Waals surface area contributed by atoms with Crippen LogP contribution < -0.4 is 21.3 Å². The number of aryl methyl sites for hydroxylation is 1. The Kier molecular flexibility index (Phi) is 6.57. The van der Waals surface area contributed by atoms with Crippen LogP contribution in [-0.4, -0.2) is 42.4 Å². The molecule has 2 amide bonds. The molecule has 0 fully saturated rings. The lowest BCUT2D eigenvalue weighted by molar-refractivity contribution is 0.257. The van der Waals surface area contributed by atoms with E-state index in [1.807, 2.05) is 44.2 Å². The monoisotopic (exact) mass is 449 g/mol. The summed E-state index contributed by atoms with van der Waals surface area (Å²) in [6.07, 6.45) is 1.79. The molecular formula is C25H28FN5O2. The highest BCUT2D eigenvalue weighted by Gasteiger charge is 2.31. The largest absolute Gasteiger partial charge is 0.398 e. The number of hydrogen-bond acceptors (Lipinski definition) is 5. The van der Waals surface area contributed by atoms with Crippen molar-refractivity contribution in [2.75, 3.05) is 42.2 Å². The third kappa shape index (κ3) is 4.15. The molecule has 3 aromatic rings. The van der Waals surface area contributed by atoms with Crippen molar-refractivity contribution < 1.29 is 14.3 Å². The molecule has 0 saturated heterocycles. The predicted octanol–water partition coefficient (Wildman–Crippen LogP) is 3.94. The van der Waals surface area contributed by atoms with Gasteiger partial charge in [0.05, 0.1) is 18.5 Å². The zero-order valence-electron chi connectivity index (χ0n) is 18.8. The van der Waals surface area contributed by atoms with Crippen LogP contribution in [0.4, 0.5) is 26.4 Å². The van der Waals surface area contributed by atoms with Crippen molar-refractivity contribution in [3.8, 4) is 22.3 Å². The third-order valence-corrected chi connectivity index (χ3v) is 5.92. The van der Waals surface area contributed by atoms with E-state index in [0.29, 0.717) is 59.9 Å². The number of benzene rings is 2. The maximum atomic E-state index is 15.5. The molecule has 5 N–H and O–H groups in total. The van der Waals surface area contributed by atoms with E-state index in [9.17, 15) is 4.79 Å². The predicted molar refractivity (Wildman–Crippen MR) is 130 cm³/mol. The molecule has 1 aliphatic rings. The third-order valence-electron chi connectivity index (χ3n) is 5.92. The summed E-state index contributed by atoms with van der Waals surface area (Å²) in [7, 11) is 0. The fraction of sp³-hybridized carbons (Fsp3) is 0.280. The van der Waals surface area contributed by atoms with Crippen LogP contribution in [0.3, 0.4) is 0 Å². The van der Waals surface area contributed by atoms with E-state index in [1.54, 1.807) is 6.07 Å². The van der Waals surface area contributed by atoms with Crippen LogP contribution >= 0.6 is 0 Å². The summed E-state index contributed by atoms with van der Waals surface area (Å²) in [5, 5.41) is 15.0. The lowest BCUT2D eigenvalue weighted by Gasteiger charge is -2.22. The number of fused-ring (bicyclic) bond motifs is 3. The summed E-state index contributed by atoms with van der Waals surface area (Å²) in [5.74, 6) is -0.107. The first-order valence-electron chi connectivity index (χ1n) is 11.0. The number of nitrogens with two attached hydrogens (primary N) is 1. The summed E-state index contributed by atoms with van der Waals surface area (Å²) in [6.45, 7) is 5.34. The number of amides is 2. The lowest BCUT2D eigenvalue weighted by Crippen LogP contribution is -2.34. The molecule has 0 atom stereocenters. The Morgan fingerprint density at radius 1 is 1.15 bits per heavy atom. The number of rotatable bonds is 7. The van der Waals surface area contributed by atoms with E-state index < -0.39 is 5.82 Å². The fourth-order valence-corrected chi connectivity index (χ4v) is 4.34. The minimum Gasteiger partial charge on any atom is -0.398 e. The van der Waals surface area contributed by atoms with Gasteiger partial charge in [-0.25, -0.2) is 14.2 Å². The van der Waals surface area contributed by atoms with Gasteiger partial charge in [-0.3, -0.25) is 4.90 Å². The molecule has 2 heterocycles. The summed E-state index contributed by atoms with van der Waals surface area (Å²) >= 11 is 0. The number of carbonyl (C=O) groups excluding carboxylic acids is 1. The highest BCUT2D eigenvalue weighted by atomic mass is 19.1. The molecule has 0 saturated carbocycles. The number of aromatic nitrogens is 1. The maximum Gasteiger partial charge on any atom is 0.327 e. The molecule has 0 spiro atoms. The molecular weight excluding hydrogens is 421 g/mol. The van der Waals surface area contributed by atoms with Crippen molar-refractivity contribution in [2.24, 2.45) is 0 Å². The van der Waals surface area contributed by atoms with Crippen LogP contribution in [0.15, 0.2) is 42.6 Å². The Hall–Kier alpha value is -3.49. The van der Waals surface area contributed by atoms with Crippen molar-refractivity contribution in [3.05, 3.63) is 59.5 Å². The number of nitrogens with zero attached hydrogens (tertiary/aromatic N) is 2. The molecule has 0 bridgehead atoms. The van der Waals surface area contributed by atoms with Gasteiger partial charge in [-0.05, 0) is 44.0 Å². The topological polar surface area (TPSA) is 104 Å². The highest BCUT2D eigenvalue weighted by molar-refractivity contribution is 6.12. The summed E-state index contributed by atoms with van der Waals surface area (Å²) in [4.78, 5) is 18.8. The van der Waals surface area contributed by atoms with Crippen LogP contribution in [0.2, 0.25) is 0 Å². The molecule has 33 heavy (non-hydrogen) atoms. The SMILES string of the molecule is CCN1C(=O)Nc2cccc(C)c2-c2c1ncc(F)c2-c1cccc(CCNCCO)c1N. The number of para-hydroxylation sites is 1. The average Bonchev–Trinajstić information content (AvgIpc) is 2.92. The van der Waals surface area contributed by atoms with Gasteiger partial charge in [-0.2, -0.15) is 0 Å². The first-order valence-corrected chi connectivity index (χ1v) is 11.0. The van der Waals surface area contributed by atoms with Gasteiger partial charge in [0.1, 0.15) is 11.6 Å². The van der Waals surface area contributed by atoms with E-state index >= 15 is 4.39 Å². The first kappa shape index (κ1) is 22.7. The van der Waals surface area contributed by atoms with Crippen LogP contribution in [-0.2, 0) is 6.42 Å². The van der Waals surface area contributed by atoms with Crippen LogP contribution in [0.1, 0.15) is 18.1 Å². The van der Waals surface area contributed by atoms with Gasteiger partial charge in [0.2, 0.25) is 0 Å². The summed E-state index contributed by atoms with van der Waals surface area (Å²) in [5.41, 5.74) is 11.6. The molecule has 172 valence electrons. The minimum absolute atomic E-state index is 0.0589. The smallest absolute Gasteiger partial charge is 0.327 e. The number of pyridine rings is 1. The van der Waals surface area contributed by atoms with Crippen molar-refractivity contribution in [2.45, 2.75) is 20.3 Å². The van der Waals surface area contributed by atoms with Gasteiger partial charge in [0.25, 0.3) is 0 Å². The molecule has 0 radical (unpaired) electrons. The summed E-state index contributed by atoms with van der Waals surface area (Å²) < 4.78 is 15.5.